The van der Waals surface area contributed by atoms with Crippen LogP contribution in [0.15, 0.2) is 79.1 Å². The van der Waals surface area contributed by atoms with Crippen LogP contribution in [0.4, 0.5) is 10.1 Å². The van der Waals surface area contributed by atoms with Crippen LogP contribution in [-0.2, 0) is 0 Å². The molecule has 0 saturated heterocycles. The average molecular weight is 400 g/mol. The maximum Gasteiger partial charge on any atom is 0.276 e. The van der Waals surface area contributed by atoms with Crippen molar-refractivity contribution in [3.63, 3.8) is 0 Å². The number of nitrogens with one attached hydrogen (secondary N) is 1. The minimum Gasteiger partial charge on any atom is -0.321 e. The van der Waals surface area contributed by atoms with Crippen LogP contribution >= 0.6 is 0 Å². The van der Waals surface area contributed by atoms with Gasteiger partial charge in [0.2, 0.25) is 0 Å². The van der Waals surface area contributed by atoms with Crippen molar-refractivity contribution in [1.82, 2.24) is 14.8 Å². The Labute approximate surface area is 172 Å². The summed E-state index contributed by atoms with van der Waals surface area (Å²) in [7, 11) is 0. The molecule has 0 atom stereocenters. The molecule has 0 radical (unpaired) electrons. The Bertz CT molecular complexity index is 1220. The lowest BCUT2D eigenvalue weighted by Crippen LogP contribution is -2.13. The van der Waals surface area contributed by atoms with Gasteiger partial charge in [-0.1, -0.05) is 12.1 Å². The van der Waals surface area contributed by atoms with Crippen molar-refractivity contribution >= 4 is 17.4 Å². The fourth-order valence-corrected chi connectivity index (χ4v) is 3.00. The quantitative estimate of drug-likeness (QED) is 0.500. The smallest absolute Gasteiger partial charge is 0.276 e. The van der Waals surface area contributed by atoms with Crippen LogP contribution in [0.25, 0.3) is 16.9 Å². The minimum atomic E-state index is -0.429. The lowest BCUT2D eigenvalue weighted by molar-refractivity contribution is 0.100. The number of ketones is 1. The first-order valence-corrected chi connectivity index (χ1v) is 9.20. The molecule has 1 N–H and O–H groups in total. The van der Waals surface area contributed by atoms with E-state index in [9.17, 15) is 14.0 Å². The summed E-state index contributed by atoms with van der Waals surface area (Å²) in [5.41, 5.74) is 3.16. The molecule has 4 rings (SSSR count). The highest BCUT2D eigenvalue weighted by molar-refractivity contribution is 6.04. The molecule has 2 aromatic carbocycles. The molecular formula is C23H17FN4O2. The van der Waals surface area contributed by atoms with E-state index < -0.39 is 5.91 Å². The number of carbonyl (C=O) groups excluding carboxylic acids is 2. The first-order valence-electron chi connectivity index (χ1n) is 9.20. The fourth-order valence-electron chi connectivity index (χ4n) is 3.00. The zero-order chi connectivity index (χ0) is 21.1. The molecule has 7 heteroatoms. The summed E-state index contributed by atoms with van der Waals surface area (Å²) in [6.07, 6.45) is 3.31. The van der Waals surface area contributed by atoms with Crippen molar-refractivity contribution < 1.29 is 14.0 Å². The van der Waals surface area contributed by atoms with E-state index in [0.29, 0.717) is 22.6 Å². The second kappa shape index (κ2) is 8.08. The Morgan fingerprint density at radius 2 is 1.80 bits per heavy atom. The van der Waals surface area contributed by atoms with Crippen LogP contribution in [0.1, 0.15) is 27.8 Å². The lowest BCUT2D eigenvalue weighted by atomic mass is 10.1. The summed E-state index contributed by atoms with van der Waals surface area (Å²) in [6, 6.07) is 17.8. The van der Waals surface area contributed by atoms with Crippen LogP contribution < -0.4 is 5.32 Å². The van der Waals surface area contributed by atoms with Crippen molar-refractivity contribution in [2.24, 2.45) is 0 Å². The molecule has 6 nitrogen and oxygen atoms in total. The first-order chi connectivity index (χ1) is 14.5. The van der Waals surface area contributed by atoms with Gasteiger partial charge < -0.3 is 5.32 Å². The van der Waals surface area contributed by atoms with E-state index >= 15 is 0 Å². The number of nitrogens with zero attached hydrogens (tertiary/aromatic N) is 3. The number of amides is 1. The summed E-state index contributed by atoms with van der Waals surface area (Å²) in [4.78, 5) is 28.5. The van der Waals surface area contributed by atoms with Gasteiger partial charge in [0.05, 0.1) is 11.4 Å². The Hall–Kier alpha value is -4.13. The van der Waals surface area contributed by atoms with Gasteiger partial charge in [0.25, 0.3) is 5.91 Å². The molecule has 30 heavy (non-hydrogen) atoms. The maximum atomic E-state index is 13.4. The third kappa shape index (κ3) is 4.00. The van der Waals surface area contributed by atoms with E-state index in [2.05, 4.69) is 15.4 Å². The van der Waals surface area contributed by atoms with Crippen LogP contribution in [0.3, 0.4) is 0 Å². The molecule has 2 heterocycles. The molecule has 2 aromatic heterocycles. The number of rotatable bonds is 5. The fraction of sp³-hybridized carbons (Fsp3) is 0.0435. The molecular weight excluding hydrogens is 383 g/mol. The number of halogens is 1. The summed E-state index contributed by atoms with van der Waals surface area (Å²) in [6.45, 7) is 1.46. The molecule has 1 amide bonds. The van der Waals surface area contributed by atoms with Crippen LogP contribution in [0, 0.1) is 5.82 Å². The molecule has 148 valence electrons. The highest BCUT2D eigenvalue weighted by Crippen LogP contribution is 2.24. The molecule has 0 aliphatic heterocycles. The van der Waals surface area contributed by atoms with Gasteiger partial charge in [0, 0.05) is 29.2 Å². The number of aromatic nitrogens is 3. The highest BCUT2D eigenvalue weighted by atomic mass is 19.1. The van der Waals surface area contributed by atoms with E-state index in [1.54, 1.807) is 65.6 Å². The summed E-state index contributed by atoms with van der Waals surface area (Å²) >= 11 is 0. The van der Waals surface area contributed by atoms with Crippen molar-refractivity contribution in [1.29, 1.82) is 0 Å². The third-order valence-corrected chi connectivity index (χ3v) is 4.50. The van der Waals surface area contributed by atoms with Gasteiger partial charge >= 0.3 is 0 Å². The summed E-state index contributed by atoms with van der Waals surface area (Å²) in [5.74, 6) is -0.885. The van der Waals surface area contributed by atoms with Crippen LogP contribution in [0.5, 0.6) is 0 Å². The minimum absolute atomic E-state index is 0.0921. The topological polar surface area (TPSA) is 76.9 Å². The Morgan fingerprint density at radius 1 is 1.00 bits per heavy atom. The molecule has 0 bridgehead atoms. The van der Waals surface area contributed by atoms with Gasteiger partial charge in [0.1, 0.15) is 5.82 Å². The number of Topliss-reactive ketones (excluding diaryl/α,β-unsaturated/α-hetero) is 1. The molecule has 0 fully saturated rings. The number of hydrogen-bond acceptors (Lipinski definition) is 4. The van der Waals surface area contributed by atoms with Crippen LogP contribution in [0.2, 0.25) is 0 Å². The molecule has 0 saturated carbocycles. The van der Waals surface area contributed by atoms with E-state index in [1.165, 1.54) is 19.1 Å². The van der Waals surface area contributed by atoms with E-state index in [0.717, 1.165) is 5.56 Å². The average Bonchev–Trinajstić information content (AvgIpc) is 3.21. The Balaban J connectivity index is 1.72. The van der Waals surface area contributed by atoms with Gasteiger partial charge in [-0.2, -0.15) is 5.10 Å². The normalized spacial score (nSPS) is 10.6. The standard InChI is InChI=1S/C23H17FN4O2/c1-15(29)16-4-2-6-19(12-16)26-23(30)21-13-22(17-5-3-11-25-14-17)28(27-21)20-9-7-18(24)8-10-20/h2-14H,1H3,(H,26,30). The SMILES string of the molecule is CC(=O)c1cccc(NC(=O)c2cc(-c3cccnc3)n(-c3ccc(F)cc3)n2)c1. The summed E-state index contributed by atoms with van der Waals surface area (Å²) in [5, 5.41) is 7.19. The molecule has 0 unspecified atom stereocenters. The number of anilines is 1. The van der Waals surface area contributed by atoms with E-state index in [1.807, 2.05) is 6.07 Å². The highest BCUT2D eigenvalue weighted by Gasteiger charge is 2.17. The van der Waals surface area contributed by atoms with Gasteiger partial charge in [0.15, 0.2) is 11.5 Å². The molecule has 4 aromatic rings. The monoisotopic (exact) mass is 400 g/mol. The largest absolute Gasteiger partial charge is 0.321 e. The van der Waals surface area contributed by atoms with Crippen molar-refractivity contribution in [3.8, 4) is 16.9 Å². The van der Waals surface area contributed by atoms with Crippen molar-refractivity contribution in [2.75, 3.05) is 5.32 Å². The zero-order valence-electron chi connectivity index (χ0n) is 16.0. The van der Waals surface area contributed by atoms with E-state index in [4.69, 9.17) is 0 Å². The zero-order valence-corrected chi connectivity index (χ0v) is 16.0. The third-order valence-electron chi connectivity index (χ3n) is 4.50. The second-order valence-corrected chi connectivity index (χ2v) is 6.64. The number of pyridine rings is 1. The number of hydrogen-bond donors (Lipinski definition) is 1. The second-order valence-electron chi connectivity index (χ2n) is 6.64. The van der Waals surface area contributed by atoms with Gasteiger partial charge in [-0.3, -0.25) is 14.6 Å². The molecule has 0 aliphatic carbocycles. The Kier molecular flexibility index (Phi) is 5.17. The number of benzene rings is 2. The Morgan fingerprint density at radius 3 is 2.50 bits per heavy atom. The molecule has 0 aliphatic rings. The van der Waals surface area contributed by atoms with Crippen LogP contribution in [-0.4, -0.2) is 26.5 Å². The van der Waals surface area contributed by atoms with Gasteiger partial charge in [-0.15, -0.1) is 0 Å². The number of carbonyl (C=O) groups is 2. The van der Waals surface area contributed by atoms with E-state index in [-0.39, 0.29) is 17.3 Å². The predicted molar refractivity (Wildman–Crippen MR) is 111 cm³/mol. The van der Waals surface area contributed by atoms with Crippen molar-refractivity contribution in [2.45, 2.75) is 6.92 Å². The lowest BCUT2D eigenvalue weighted by Gasteiger charge is -2.07. The summed E-state index contributed by atoms with van der Waals surface area (Å²) < 4.78 is 14.9. The van der Waals surface area contributed by atoms with Gasteiger partial charge in [-0.05, 0) is 61.5 Å². The van der Waals surface area contributed by atoms with Crippen molar-refractivity contribution in [3.05, 3.63) is 96.2 Å². The maximum absolute atomic E-state index is 13.4. The first kappa shape index (κ1) is 19.2. The predicted octanol–water partition coefficient (Wildman–Crippen LogP) is 4.53. The van der Waals surface area contributed by atoms with Gasteiger partial charge in [-0.25, -0.2) is 9.07 Å². The molecule has 0 spiro atoms.